The van der Waals surface area contributed by atoms with E-state index in [9.17, 15) is 4.79 Å². The molecule has 0 aliphatic heterocycles. The second kappa shape index (κ2) is 6.30. The molecule has 0 spiro atoms. The zero-order valence-corrected chi connectivity index (χ0v) is 11.5. The maximum atomic E-state index is 12.5. The molecular weight excluding hydrogens is 234 g/mol. The topological polar surface area (TPSA) is 20.3 Å². The molecule has 0 atom stereocenters. The van der Waals surface area contributed by atoms with E-state index in [0.717, 1.165) is 29.7 Å². The molecule has 0 bridgehead atoms. The van der Waals surface area contributed by atoms with Crippen molar-refractivity contribution in [2.45, 2.75) is 6.42 Å². The van der Waals surface area contributed by atoms with Crippen molar-refractivity contribution in [3.8, 4) is 0 Å². The van der Waals surface area contributed by atoms with Crippen LogP contribution in [0.1, 0.15) is 21.5 Å². The Balaban J connectivity index is 2.27. The Morgan fingerprint density at radius 1 is 0.947 bits per heavy atom. The van der Waals surface area contributed by atoms with Gasteiger partial charge in [0.2, 0.25) is 0 Å². The Morgan fingerprint density at radius 3 is 2.26 bits per heavy atom. The zero-order valence-electron chi connectivity index (χ0n) is 11.5. The highest BCUT2D eigenvalue weighted by molar-refractivity contribution is 6.09. The molecule has 0 aliphatic carbocycles. The summed E-state index contributed by atoms with van der Waals surface area (Å²) < 4.78 is 0. The van der Waals surface area contributed by atoms with E-state index in [2.05, 4.69) is 4.90 Å². The van der Waals surface area contributed by atoms with Crippen molar-refractivity contribution >= 4 is 5.78 Å². The third-order valence-corrected chi connectivity index (χ3v) is 3.13. The van der Waals surface area contributed by atoms with Gasteiger partial charge < -0.3 is 4.90 Å². The molecule has 0 heterocycles. The van der Waals surface area contributed by atoms with E-state index in [4.69, 9.17) is 0 Å². The summed E-state index contributed by atoms with van der Waals surface area (Å²) in [5.74, 6) is 0.106. The van der Waals surface area contributed by atoms with Crippen molar-refractivity contribution in [3.05, 3.63) is 71.3 Å². The van der Waals surface area contributed by atoms with Gasteiger partial charge in [0.15, 0.2) is 5.78 Å². The van der Waals surface area contributed by atoms with Crippen LogP contribution in [0.3, 0.4) is 0 Å². The number of ketones is 1. The lowest BCUT2D eigenvalue weighted by atomic mass is 9.96. The van der Waals surface area contributed by atoms with E-state index in [0.29, 0.717) is 0 Å². The van der Waals surface area contributed by atoms with Crippen molar-refractivity contribution in [2.24, 2.45) is 0 Å². The summed E-state index contributed by atoms with van der Waals surface area (Å²) in [5.41, 5.74) is 2.68. The fourth-order valence-electron chi connectivity index (χ4n) is 2.05. The van der Waals surface area contributed by atoms with E-state index in [1.54, 1.807) is 0 Å². The SMILES string of the molecule is CN(C)CCc1ccccc1C(=O)c1ccccc1. The van der Waals surface area contributed by atoms with Gasteiger partial charge in [-0.2, -0.15) is 0 Å². The number of hydrogen-bond acceptors (Lipinski definition) is 2. The van der Waals surface area contributed by atoms with Gasteiger partial charge in [0.05, 0.1) is 0 Å². The van der Waals surface area contributed by atoms with E-state index in [1.807, 2.05) is 68.7 Å². The van der Waals surface area contributed by atoms with Gasteiger partial charge in [0.1, 0.15) is 0 Å². The number of carbonyl (C=O) groups excluding carboxylic acids is 1. The lowest BCUT2D eigenvalue weighted by molar-refractivity contribution is 0.103. The van der Waals surface area contributed by atoms with E-state index < -0.39 is 0 Å². The summed E-state index contributed by atoms with van der Waals surface area (Å²) in [7, 11) is 4.09. The van der Waals surface area contributed by atoms with Gasteiger partial charge in [-0.3, -0.25) is 4.79 Å². The minimum Gasteiger partial charge on any atom is -0.309 e. The fourth-order valence-corrected chi connectivity index (χ4v) is 2.05. The molecule has 0 aliphatic rings. The first-order valence-corrected chi connectivity index (χ1v) is 6.51. The Labute approximate surface area is 114 Å². The van der Waals surface area contributed by atoms with Crippen molar-refractivity contribution in [1.29, 1.82) is 0 Å². The monoisotopic (exact) mass is 253 g/mol. The molecule has 2 nitrogen and oxygen atoms in total. The summed E-state index contributed by atoms with van der Waals surface area (Å²) >= 11 is 0. The van der Waals surface area contributed by atoms with Crippen LogP contribution in [-0.4, -0.2) is 31.3 Å². The molecule has 0 aromatic heterocycles. The predicted octanol–water partition coefficient (Wildman–Crippen LogP) is 3.02. The minimum absolute atomic E-state index is 0.106. The Bertz CT molecular complexity index is 546. The third-order valence-electron chi connectivity index (χ3n) is 3.13. The van der Waals surface area contributed by atoms with Gasteiger partial charge in [-0.25, -0.2) is 0 Å². The van der Waals surface area contributed by atoms with Crippen LogP contribution in [0.4, 0.5) is 0 Å². The summed E-state index contributed by atoms with van der Waals surface area (Å²) in [6, 6.07) is 17.3. The lowest BCUT2D eigenvalue weighted by Gasteiger charge is -2.12. The maximum absolute atomic E-state index is 12.5. The Hall–Kier alpha value is -1.93. The highest BCUT2D eigenvalue weighted by Gasteiger charge is 2.12. The van der Waals surface area contributed by atoms with Crippen LogP contribution >= 0.6 is 0 Å². The van der Waals surface area contributed by atoms with Crippen LogP contribution in [0.5, 0.6) is 0 Å². The second-order valence-electron chi connectivity index (χ2n) is 4.91. The van der Waals surface area contributed by atoms with Crippen LogP contribution < -0.4 is 0 Å². The standard InChI is InChI=1S/C17H19NO/c1-18(2)13-12-14-8-6-7-11-16(14)17(19)15-9-4-3-5-10-15/h3-11H,12-13H2,1-2H3. The smallest absolute Gasteiger partial charge is 0.193 e. The molecule has 2 aromatic carbocycles. The number of carbonyl (C=O) groups is 1. The fraction of sp³-hybridized carbons (Fsp3) is 0.235. The number of benzene rings is 2. The lowest BCUT2D eigenvalue weighted by Crippen LogP contribution is -2.16. The van der Waals surface area contributed by atoms with Crippen molar-refractivity contribution in [1.82, 2.24) is 4.90 Å². The Kier molecular flexibility index (Phi) is 4.48. The molecule has 0 unspecified atom stereocenters. The number of nitrogens with zero attached hydrogens (tertiary/aromatic N) is 1. The predicted molar refractivity (Wildman–Crippen MR) is 78.6 cm³/mol. The first kappa shape index (κ1) is 13.5. The molecule has 0 radical (unpaired) electrons. The van der Waals surface area contributed by atoms with E-state index in [1.165, 1.54) is 0 Å². The van der Waals surface area contributed by atoms with Gasteiger partial charge in [0.25, 0.3) is 0 Å². The zero-order chi connectivity index (χ0) is 13.7. The highest BCUT2D eigenvalue weighted by Crippen LogP contribution is 2.15. The molecule has 0 fully saturated rings. The minimum atomic E-state index is 0.106. The molecule has 19 heavy (non-hydrogen) atoms. The first-order chi connectivity index (χ1) is 9.18. The van der Waals surface area contributed by atoms with E-state index >= 15 is 0 Å². The van der Waals surface area contributed by atoms with Crippen molar-refractivity contribution in [3.63, 3.8) is 0 Å². The average Bonchev–Trinajstić information content (AvgIpc) is 2.45. The van der Waals surface area contributed by atoms with Gasteiger partial charge in [-0.05, 0) is 26.1 Å². The first-order valence-electron chi connectivity index (χ1n) is 6.51. The van der Waals surface area contributed by atoms with Gasteiger partial charge in [-0.1, -0.05) is 54.6 Å². The molecule has 0 N–H and O–H groups in total. The summed E-state index contributed by atoms with van der Waals surface area (Å²) in [5, 5.41) is 0. The van der Waals surface area contributed by atoms with Crippen LogP contribution in [-0.2, 0) is 6.42 Å². The number of rotatable bonds is 5. The van der Waals surface area contributed by atoms with Crippen LogP contribution in [0.25, 0.3) is 0 Å². The highest BCUT2D eigenvalue weighted by atomic mass is 16.1. The van der Waals surface area contributed by atoms with Crippen LogP contribution in [0, 0.1) is 0 Å². The number of hydrogen-bond donors (Lipinski definition) is 0. The van der Waals surface area contributed by atoms with Crippen molar-refractivity contribution < 1.29 is 4.79 Å². The van der Waals surface area contributed by atoms with Gasteiger partial charge >= 0.3 is 0 Å². The Morgan fingerprint density at radius 2 is 1.58 bits per heavy atom. The molecule has 98 valence electrons. The summed E-state index contributed by atoms with van der Waals surface area (Å²) in [6.07, 6.45) is 0.891. The third kappa shape index (κ3) is 3.52. The molecule has 2 rings (SSSR count). The summed E-state index contributed by atoms with van der Waals surface area (Å²) in [4.78, 5) is 14.6. The maximum Gasteiger partial charge on any atom is 0.193 e. The van der Waals surface area contributed by atoms with Crippen LogP contribution in [0.2, 0.25) is 0 Å². The quantitative estimate of drug-likeness (QED) is 0.763. The molecular formula is C17H19NO. The molecule has 0 saturated heterocycles. The summed E-state index contributed by atoms with van der Waals surface area (Å²) in [6.45, 7) is 0.944. The second-order valence-corrected chi connectivity index (χ2v) is 4.91. The largest absolute Gasteiger partial charge is 0.309 e. The number of likely N-dealkylation sites (N-methyl/N-ethyl adjacent to an activating group) is 1. The van der Waals surface area contributed by atoms with Crippen LogP contribution in [0.15, 0.2) is 54.6 Å². The molecule has 2 aromatic rings. The van der Waals surface area contributed by atoms with Crippen molar-refractivity contribution in [2.75, 3.05) is 20.6 Å². The average molecular weight is 253 g/mol. The van der Waals surface area contributed by atoms with Gasteiger partial charge in [0, 0.05) is 17.7 Å². The molecule has 2 heteroatoms. The normalized spacial score (nSPS) is 10.7. The van der Waals surface area contributed by atoms with E-state index in [-0.39, 0.29) is 5.78 Å². The molecule has 0 amide bonds. The van der Waals surface area contributed by atoms with Gasteiger partial charge in [-0.15, -0.1) is 0 Å². The molecule has 0 saturated carbocycles.